The molecule has 1 aliphatic carbocycles. The van der Waals surface area contributed by atoms with Crippen LogP contribution in [0.4, 0.5) is 0 Å². The zero-order chi connectivity index (χ0) is 12.9. The first-order chi connectivity index (χ1) is 8.46. The van der Waals surface area contributed by atoms with Gasteiger partial charge < -0.3 is 5.73 Å². The monoisotopic (exact) mass is 262 g/mol. The molecule has 0 bridgehead atoms. The molecule has 1 aliphatic rings. The van der Waals surface area contributed by atoms with Crippen molar-refractivity contribution in [2.24, 2.45) is 11.1 Å². The van der Waals surface area contributed by atoms with Gasteiger partial charge in [0.05, 0.1) is 0 Å². The molecule has 2 aromatic rings. The van der Waals surface area contributed by atoms with Gasteiger partial charge in [-0.2, -0.15) is 0 Å². The molecule has 96 valence electrons. The first-order valence-corrected chi connectivity index (χ1v) is 7.04. The van der Waals surface area contributed by atoms with Crippen molar-refractivity contribution in [3.8, 4) is 5.13 Å². The van der Waals surface area contributed by atoms with Crippen molar-refractivity contribution >= 4 is 11.3 Å². The average Bonchev–Trinajstić information content (AvgIpc) is 2.82. The molecule has 0 aromatic carbocycles. The molecular formula is C13H18N4S. The van der Waals surface area contributed by atoms with Gasteiger partial charge in [0.15, 0.2) is 0 Å². The molecule has 0 saturated heterocycles. The Morgan fingerprint density at radius 2 is 2.22 bits per heavy atom. The highest BCUT2D eigenvalue weighted by atomic mass is 32.1. The van der Waals surface area contributed by atoms with E-state index in [2.05, 4.69) is 40.9 Å². The van der Waals surface area contributed by atoms with Crippen LogP contribution in [0.1, 0.15) is 42.6 Å². The van der Waals surface area contributed by atoms with Crippen LogP contribution >= 0.6 is 11.3 Å². The highest BCUT2D eigenvalue weighted by Crippen LogP contribution is 2.40. The molecule has 0 saturated carbocycles. The maximum Gasteiger partial charge on any atom is 0.216 e. The van der Waals surface area contributed by atoms with E-state index >= 15 is 0 Å². The van der Waals surface area contributed by atoms with Crippen molar-refractivity contribution in [1.82, 2.24) is 14.8 Å². The number of aryl methyl sites for hydroxylation is 1. The highest BCUT2D eigenvalue weighted by molar-refractivity contribution is 7.13. The number of rotatable bonds is 1. The summed E-state index contributed by atoms with van der Waals surface area (Å²) in [4.78, 5) is 0. The first-order valence-electron chi connectivity index (χ1n) is 6.22. The zero-order valence-electron chi connectivity index (χ0n) is 11.0. The van der Waals surface area contributed by atoms with Gasteiger partial charge in [-0.15, -0.1) is 10.2 Å². The van der Waals surface area contributed by atoms with E-state index in [-0.39, 0.29) is 11.5 Å². The molecule has 5 heteroatoms. The van der Waals surface area contributed by atoms with E-state index in [0.717, 1.165) is 23.0 Å². The van der Waals surface area contributed by atoms with Crippen molar-refractivity contribution in [3.05, 3.63) is 28.5 Å². The van der Waals surface area contributed by atoms with E-state index in [0.29, 0.717) is 0 Å². The van der Waals surface area contributed by atoms with Gasteiger partial charge in [0.25, 0.3) is 0 Å². The van der Waals surface area contributed by atoms with Crippen LogP contribution in [0.2, 0.25) is 0 Å². The van der Waals surface area contributed by atoms with E-state index in [1.54, 1.807) is 11.3 Å². The highest BCUT2D eigenvalue weighted by Gasteiger charge is 2.32. The average molecular weight is 262 g/mol. The summed E-state index contributed by atoms with van der Waals surface area (Å²) in [7, 11) is 0. The van der Waals surface area contributed by atoms with Crippen molar-refractivity contribution in [1.29, 1.82) is 0 Å². The topological polar surface area (TPSA) is 56.7 Å². The van der Waals surface area contributed by atoms with Crippen LogP contribution in [0.25, 0.3) is 5.13 Å². The second-order valence-electron chi connectivity index (χ2n) is 5.84. The number of nitrogens with two attached hydrogens (primary N) is 1. The summed E-state index contributed by atoms with van der Waals surface area (Å²) in [5.74, 6) is 0. The maximum atomic E-state index is 6.27. The molecule has 1 unspecified atom stereocenters. The normalized spacial score (nSPS) is 21.9. The molecule has 18 heavy (non-hydrogen) atoms. The van der Waals surface area contributed by atoms with Gasteiger partial charge in [0.1, 0.15) is 5.01 Å². The fourth-order valence-electron chi connectivity index (χ4n) is 2.80. The molecule has 0 aliphatic heterocycles. The molecule has 2 N–H and O–H groups in total. The number of hydrogen-bond acceptors (Lipinski definition) is 4. The molecule has 0 spiro atoms. The minimum absolute atomic E-state index is 0.138. The van der Waals surface area contributed by atoms with E-state index in [4.69, 9.17) is 5.73 Å². The lowest BCUT2D eigenvalue weighted by Crippen LogP contribution is -2.30. The summed E-state index contributed by atoms with van der Waals surface area (Å²) in [6, 6.07) is 2.27. The second-order valence-corrected chi connectivity index (χ2v) is 7.00. The molecule has 2 heterocycles. The van der Waals surface area contributed by atoms with E-state index in [1.165, 1.54) is 11.3 Å². The molecule has 0 radical (unpaired) electrons. The quantitative estimate of drug-likeness (QED) is 0.859. The summed E-state index contributed by atoms with van der Waals surface area (Å²) < 4.78 is 2.15. The van der Waals surface area contributed by atoms with Crippen LogP contribution in [-0.2, 0) is 6.42 Å². The second kappa shape index (κ2) is 3.90. The Morgan fingerprint density at radius 1 is 1.44 bits per heavy atom. The van der Waals surface area contributed by atoms with Gasteiger partial charge in [-0.3, -0.25) is 4.57 Å². The van der Waals surface area contributed by atoms with Crippen LogP contribution in [0, 0.1) is 12.3 Å². The van der Waals surface area contributed by atoms with Gasteiger partial charge in [0.2, 0.25) is 5.13 Å². The Balaban J connectivity index is 2.10. The lowest BCUT2D eigenvalue weighted by Gasteiger charge is -2.34. The molecule has 1 atom stereocenters. The van der Waals surface area contributed by atoms with Crippen molar-refractivity contribution in [3.63, 3.8) is 0 Å². The Labute approximate surface area is 111 Å². The predicted octanol–water partition coefficient (Wildman–Crippen LogP) is 2.61. The van der Waals surface area contributed by atoms with Gasteiger partial charge in [-0.05, 0) is 36.8 Å². The third-order valence-corrected chi connectivity index (χ3v) is 4.40. The largest absolute Gasteiger partial charge is 0.324 e. The number of hydrogen-bond donors (Lipinski definition) is 1. The number of fused-ring (bicyclic) bond motifs is 1. The minimum atomic E-state index is 0.138. The SMILES string of the molecule is Cc1nnc(-n2ccc3c2CC(C)(C)CC3N)s1. The van der Waals surface area contributed by atoms with E-state index in [1.807, 2.05) is 6.92 Å². The Kier molecular flexibility index (Phi) is 2.57. The summed E-state index contributed by atoms with van der Waals surface area (Å²) in [5.41, 5.74) is 9.09. The molecule has 3 rings (SSSR count). The molecule has 0 fully saturated rings. The third kappa shape index (κ3) is 1.87. The van der Waals surface area contributed by atoms with Gasteiger partial charge in [-0.1, -0.05) is 25.2 Å². The smallest absolute Gasteiger partial charge is 0.216 e. The van der Waals surface area contributed by atoms with E-state index in [9.17, 15) is 0 Å². The summed E-state index contributed by atoms with van der Waals surface area (Å²) in [5, 5.41) is 10.3. The summed E-state index contributed by atoms with van der Waals surface area (Å²) in [6.07, 6.45) is 4.16. The summed E-state index contributed by atoms with van der Waals surface area (Å²) in [6.45, 7) is 6.53. The van der Waals surface area contributed by atoms with Crippen LogP contribution in [0.3, 0.4) is 0 Å². The predicted molar refractivity (Wildman–Crippen MR) is 73.0 cm³/mol. The van der Waals surface area contributed by atoms with Crippen molar-refractivity contribution in [2.75, 3.05) is 0 Å². The van der Waals surface area contributed by atoms with Crippen LogP contribution < -0.4 is 5.73 Å². The van der Waals surface area contributed by atoms with Crippen LogP contribution in [-0.4, -0.2) is 14.8 Å². The molecule has 4 nitrogen and oxygen atoms in total. The lowest BCUT2D eigenvalue weighted by atomic mass is 9.75. The maximum absolute atomic E-state index is 6.27. The molecule has 2 aromatic heterocycles. The van der Waals surface area contributed by atoms with Crippen molar-refractivity contribution < 1.29 is 0 Å². The minimum Gasteiger partial charge on any atom is -0.324 e. The number of aromatic nitrogens is 3. The van der Waals surface area contributed by atoms with Crippen LogP contribution in [0.15, 0.2) is 12.3 Å². The Hall–Kier alpha value is -1.20. The third-order valence-electron chi connectivity index (χ3n) is 3.57. The standard InChI is InChI=1S/C13H18N4S/c1-8-15-16-12(18-8)17-5-4-9-10(14)6-13(2,3)7-11(9)17/h4-5,10H,6-7,14H2,1-3H3. The van der Waals surface area contributed by atoms with Crippen molar-refractivity contribution in [2.45, 2.75) is 39.7 Å². The number of nitrogens with zero attached hydrogens (tertiary/aromatic N) is 3. The van der Waals surface area contributed by atoms with Gasteiger partial charge in [-0.25, -0.2) is 0 Å². The lowest BCUT2D eigenvalue weighted by molar-refractivity contribution is 0.278. The van der Waals surface area contributed by atoms with Gasteiger partial charge in [0, 0.05) is 17.9 Å². The molecular weight excluding hydrogens is 244 g/mol. The molecule has 0 amide bonds. The fourth-order valence-corrected chi connectivity index (χ4v) is 3.50. The zero-order valence-corrected chi connectivity index (χ0v) is 11.8. The Morgan fingerprint density at radius 3 is 2.89 bits per heavy atom. The van der Waals surface area contributed by atoms with Crippen LogP contribution in [0.5, 0.6) is 0 Å². The summed E-state index contributed by atoms with van der Waals surface area (Å²) >= 11 is 1.62. The van der Waals surface area contributed by atoms with Gasteiger partial charge >= 0.3 is 0 Å². The Bertz CT molecular complexity index is 582. The first kappa shape index (κ1) is 11.9. The van der Waals surface area contributed by atoms with E-state index < -0.39 is 0 Å². The fraction of sp³-hybridized carbons (Fsp3) is 0.538.